The Morgan fingerprint density at radius 2 is 1.64 bits per heavy atom. The topological polar surface area (TPSA) is 49.8 Å². The Bertz CT molecular complexity index is 535. The number of ether oxygens (including phenoxy) is 1. The minimum absolute atomic E-state index is 0.202. The number of carbonyl (C=O) groups is 1. The van der Waals surface area contributed by atoms with Crippen LogP contribution >= 0.6 is 0 Å². The molecule has 0 aromatic carbocycles. The van der Waals surface area contributed by atoms with E-state index < -0.39 is 5.97 Å². The van der Waals surface area contributed by atoms with Crippen LogP contribution in [0.4, 0.5) is 0 Å². The number of rotatable bonds is 13. The summed E-state index contributed by atoms with van der Waals surface area (Å²) < 4.78 is 5.55. The summed E-state index contributed by atoms with van der Waals surface area (Å²) >= 11 is 0. The van der Waals surface area contributed by atoms with Crippen molar-refractivity contribution in [2.75, 3.05) is 0 Å². The van der Waals surface area contributed by atoms with Crippen molar-refractivity contribution in [1.82, 2.24) is 0 Å². The maximum Gasteiger partial charge on any atom is 0.303 e. The van der Waals surface area contributed by atoms with Crippen LogP contribution in [0.5, 0.6) is 0 Å². The van der Waals surface area contributed by atoms with Crippen molar-refractivity contribution in [3.8, 4) is 0 Å². The second-order valence-corrected chi connectivity index (χ2v) is 5.80. The highest BCUT2D eigenvalue weighted by Crippen LogP contribution is 2.26. The summed E-state index contributed by atoms with van der Waals surface area (Å²) in [5.41, 5.74) is 0. The molecule has 0 aromatic heterocycles. The fourth-order valence-corrected chi connectivity index (χ4v) is 2.14. The molecule has 0 aliphatic carbocycles. The normalized spacial score (nSPS) is 21.2. The van der Waals surface area contributed by atoms with E-state index in [2.05, 4.69) is 43.4 Å². The number of carboxylic acids is 1. The van der Waals surface area contributed by atoms with Crippen molar-refractivity contribution < 1.29 is 14.6 Å². The van der Waals surface area contributed by atoms with Gasteiger partial charge in [-0.1, -0.05) is 79.8 Å². The van der Waals surface area contributed by atoms with Gasteiger partial charge in [0.15, 0.2) is 0 Å². The van der Waals surface area contributed by atoms with Gasteiger partial charge in [0.05, 0.1) is 6.10 Å². The third-order valence-corrected chi connectivity index (χ3v) is 3.57. The molecule has 0 saturated carbocycles. The van der Waals surface area contributed by atoms with Crippen molar-refractivity contribution in [1.29, 1.82) is 0 Å². The summed E-state index contributed by atoms with van der Waals surface area (Å²) in [6, 6.07) is 0. The molecule has 2 atom stereocenters. The van der Waals surface area contributed by atoms with Crippen molar-refractivity contribution in [3.63, 3.8) is 0 Å². The number of hydrogen-bond acceptors (Lipinski definition) is 2. The summed E-state index contributed by atoms with van der Waals surface area (Å²) in [7, 11) is 0. The van der Waals surface area contributed by atoms with Crippen molar-refractivity contribution in [3.05, 3.63) is 72.9 Å². The average molecular weight is 342 g/mol. The van der Waals surface area contributed by atoms with Crippen LogP contribution in [-0.2, 0) is 9.53 Å². The molecule has 0 bridgehead atoms. The van der Waals surface area contributed by atoms with Gasteiger partial charge >= 0.3 is 5.97 Å². The van der Waals surface area contributed by atoms with Crippen LogP contribution < -0.4 is 0 Å². The van der Waals surface area contributed by atoms with E-state index in [4.69, 9.17) is 9.84 Å². The molecule has 0 unspecified atom stereocenters. The molecule has 136 valence electrons. The quantitative estimate of drug-likeness (QED) is 0.272. The zero-order valence-electron chi connectivity index (χ0n) is 15.1. The van der Waals surface area contributed by atoms with Gasteiger partial charge in [-0.05, 0) is 32.1 Å². The molecule has 1 aliphatic heterocycles. The largest absolute Gasteiger partial charge is 0.481 e. The van der Waals surface area contributed by atoms with Crippen LogP contribution in [0.3, 0.4) is 0 Å². The lowest BCUT2D eigenvalue weighted by atomic mass is 10.2. The van der Waals surface area contributed by atoms with Crippen LogP contribution in [-0.4, -0.2) is 23.3 Å². The van der Waals surface area contributed by atoms with E-state index in [1.165, 1.54) is 0 Å². The van der Waals surface area contributed by atoms with Crippen LogP contribution in [0, 0.1) is 0 Å². The Labute approximate surface area is 151 Å². The lowest BCUT2D eigenvalue weighted by molar-refractivity contribution is -0.136. The first-order valence-corrected chi connectivity index (χ1v) is 9.06. The van der Waals surface area contributed by atoms with Gasteiger partial charge in [0.25, 0.3) is 0 Å². The summed E-state index contributed by atoms with van der Waals surface area (Å²) in [6.07, 6.45) is 30.1. The van der Waals surface area contributed by atoms with E-state index in [-0.39, 0.29) is 12.5 Å². The van der Waals surface area contributed by atoms with Crippen LogP contribution in [0.2, 0.25) is 0 Å². The van der Waals surface area contributed by atoms with Crippen LogP contribution in [0.15, 0.2) is 72.9 Å². The van der Waals surface area contributed by atoms with E-state index in [1.54, 1.807) is 0 Å². The Kier molecular flexibility index (Phi) is 11.9. The predicted octanol–water partition coefficient (Wildman–Crippen LogP) is 5.54. The molecule has 0 aromatic rings. The molecule has 1 rings (SSSR count). The van der Waals surface area contributed by atoms with Crippen molar-refractivity contribution in [2.24, 2.45) is 0 Å². The number of hydrogen-bond donors (Lipinski definition) is 1. The minimum atomic E-state index is -0.748. The summed E-state index contributed by atoms with van der Waals surface area (Å²) in [5.74, 6) is -0.748. The SMILES string of the molecule is CC/C=C\C[C@H]1O[C@H]1/C=C/C=C/C=C\C/C=C\C/C=C\CCC(=O)O. The second kappa shape index (κ2) is 14.2. The highest BCUT2D eigenvalue weighted by atomic mass is 16.6. The zero-order chi connectivity index (χ0) is 18.2. The second-order valence-electron chi connectivity index (χ2n) is 5.80. The van der Waals surface area contributed by atoms with Gasteiger partial charge in [-0.3, -0.25) is 4.79 Å². The first-order valence-electron chi connectivity index (χ1n) is 9.06. The molecule has 25 heavy (non-hydrogen) atoms. The molecule has 3 nitrogen and oxygen atoms in total. The van der Waals surface area contributed by atoms with E-state index in [9.17, 15) is 4.79 Å². The van der Waals surface area contributed by atoms with Gasteiger partial charge < -0.3 is 9.84 Å². The molecule has 1 fully saturated rings. The molecule has 1 saturated heterocycles. The summed E-state index contributed by atoms with van der Waals surface area (Å²) in [4.78, 5) is 10.3. The van der Waals surface area contributed by atoms with Crippen LogP contribution in [0.25, 0.3) is 0 Å². The number of carboxylic acid groups (broad SMARTS) is 1. The molecule has 3 heteroatoms. The molecule has 0 amide bonds. The number of epoxide rings is 1. The predicted molar refractivity (Wildman–Crippen MR) is 105 cm³/mol. The van der Waals surface area contributed by atoms with Gasteiger partial charge in [-0.2, -0.15) is 0 Å². The van der Waals surface area contributed by atoms with Crippen LogP contribution in [0.1, 0.15) is 45.4 Å². The fourth-order valence-electron chi connectivity index (χ4n) is 2.14. The van der Waals surface area contributed by atoms with Gasteiger partial charge in [0, 0.05) is 6.42 Å². The minimum Gasteiger partial charge on any atom is -0.481 e. The maximum atomic E-state index is 10.3. The lowest BCUT2D eigenvalue weighted by Crippen LogP contribution is -1.91. The highest BCUT2D eigenvalue weighted by molar-refractivity contribution is 5.66. The number of allylic oxidation sites excluding steroid dienone is 10. The van der Waals surface area contributed by atoms with Gasteiger partial charge in [-0.15, -0.1) is 0 Å². The summed E-state index contributed by atoms with van der Waals surface area (Å²) in [5, 5.41) is 8.50. The first-order chi connectivity index (χ1) is 12.2. The zero-order valence-corrected chi connectivity index (χ0v) is 15.1. The third-order valence-electron chi connectivity index (χ3n) is 3.57. The Morgan fingerprint density at radius 3 is 2.40 bits per heavy atom. The third kappa shape index (κ3) is 12.9. The molecule has 0 radical (unpaired) electrons. The smallest absolute Gasteiger partial charge is 0.303 e. The standard InChI is InChI=1S/C22H30O3/c1-2-3-14-17-20-21(25-20)18-15-12-10-8-6-4-5-7-9-11-13-16-19-22(23)24/h3,5-8,10-15,18,20-21H,2,4,9,16-17,19H2,1H3,(H,23,24)/b7-5-,8-6-,12-10+,13-11-,14-3-,18-15+/t20-,21+/m1/s1. The molecule has 1 heterocycles. The average Bonchev–Trinajstić information content (AvgIpc) is 3.33. The van der Waals surface area contributed by atoms with E-state index in [0.29, 0.717) is 12.5 Å². The van der Waals surface area contributed by atoms with Gasteiger partial charge in [0.1, 0.15) is 6.10 Å². The monoisotopic (exact) mass is 342 g/mol. The Hall–Kier alpha value is -2.13. The highest BCUT2D eigenvalue weighted by Gasteiger charge is 2.34. The van der Waals surface area contributed by atoms with Gasteiger partial charge in [0.2, 0.25) is 0 Å². The number of aliphatic carboxylic acids is 1. The molecule has 1 N–H and O–H groups in total. The summed E-state index contributed by atoms with van der Waals surface area (Å²) in [6.45, 7) is 2.14. The van der Waals surface area contributed by atoms with Crippen molar-refractivity contribution in [2.45, 2.75) is 57.7 Å². The fraction of sp³-hybridized carbons (Fsp3) is 0.409. The van der Waals surface area contributed by atoms with E-state index in [1.807, 2.05) is 36.5 Å². The molecular formula is C22H30O3. The van der Waals surface area contributed by atoms with E-state index >= 15 is 0 Å². The Balaban J connectivity index is 2.01. The lowest BCUT2D eigenvalue weighted by Gasteiger charge is -1.86. The molecule has 0 spiro atoms. The Morgan fingerprint density at radius 1 is 0.920 bits per heavy atom. The maximum absolute atomic E-state index is 10.3. The van der Waals surface area contributed by atoms with Crippen molar-refractivity contribution >= 4 is 5.97 Å². The van der Waals surface area contributed by atoms with E-state index in [0.717, 1.165) is 25.7 Å². The molecular weight excluding hydrogens is 312 g/mol. The first kappa shape index (κ1) is 20.9. The van der Waals surface area contributed by atoms with Gasteiger partial charge in [-0.25, -0.2) is 0 Å². The molecule has 1 aliphatic rings.